The van der Waals surface area contributed by atoms with Gasteiger partial charge in [-0.25, -0.2) is 9.07 Å². The molecule has 1 aliphatic rings. The van der Waals surface area contributed by atoms with E-state index in [2.05, 4.69) is 31.6 Å². The number of halogens is 2. The molecule has 2 heterocycles. The lowest BCUT2D eigenvalue weighted by molar-refractivity contribution is -0.119. The number of hydrogen-bond donors (Lipinski definition) is 1. The van der Waals surface area contributed by atoms with Crippen molar-refractivity contribution in [1.29, 1.82) is 0 Å². The SMILES string of the molecule is O=C1Nc2cccc(F)c2CCC1n1cc(-c2ccc(Br)cc2)nn1. The van der Waals surface area contributed by atoms with Gasteiger partial charge >= 0.3 is 0 Å². The van der Waals surface area contributed by atoms with Gasteiger partial charge in [0.05, 0.1) is 6.20 Å². The molecule has 0 radical (unpaired) electrons. The Labute approximate surface area is 152 Å². The molecule has 2 aromatic carbocycles. The summed E-state index contributed by atoms with van der Waals surface area (Å²) in [5, 5.41) is 11.1. The minimum absolute atomic E-state index is 0.211. The third kappa shape index (κ3) is 3.07. The molecule has 0 bridgehead atoms. The number of aromatic nitrogens is 3. The molecule has 1 N–H and O–H groups in total. The molecule has 0 spiro atoms. The number of hydrogen-bond acceptors (Lipinski definition) is 3. The van der Waals surface area contributed by atoms with Crippen molar-refractivity contribution < 1.29 is 9.18 Å². The normalized spacial score (nSPS) is 16.9. The molecular weight excluding hydrogens is 387 g/mol. The van der Waals surface area contributed by atoms with Crippen LogP contribution in [-0.4, -0.2) is 20.9 Å². The quantitative estimate of drug-likeness (QED) is 0.707. The number of fused-ring (bicyclic) bond motifs is 1. The monoisotopic (exact) mass is 400 g/mol. The van der Waals surface area contributed by atoms with E-state index in [4.69, 9.17) is 0 Å². The average Bonchev–Trinajstić information content (AvgIpc) is 3.00. The first kappa shape index (κ1) is 16.0. The van der Waals surface area contributed by atoms with Gasteiger partial charge in [0.15, 0.2) is 0 Å². The Morgan fingerprint density at radius 1 is 1.20 bits per heavy atom. The van der Waals surface area contributed by atoms with Gasteiger partial charge < -0.3 is 5.32 Å². The van der Waals surface area contributed by atoms with Crippen LogP contribution in [0.4, 0.5) is 10.1 Å². The van der Waals surface area contributed by atoms with Gasteiger partial charge in [0.2, 0.25) is 5.91 Å². The van der Waals surface area contributed by atoms with Crippen LogP contribution in [0, 0.1) is 5.82 Å². The van der Waals surface area contributed by atoms with Gasteiger partial charge in [0.1, 0.15) is 17.6 Å². The number of carbonyl (C=O) groups excluding carboxylic acids is 1. The highest BCUT2D eigenvalue weighted by atomic mass is 79.9. The number of anilines is 1. The van der Waals surface area contributed by atoms with Gasteiger partial charge in [-0.05, 0) is 37.1 Å². The van der Waals surface area contributed by atoms with Crippen LogP contribution in [0.3, 0.4) is 0 Å². The van der Waals surface area contributed by atoms with Crippen LogP contribution in [0.2, 0.25) is 0 Å². The third-order valence-corrected chi connectivity index (χ3v) is 4.85. The third-order valence-electron chi connectivity index (χ3n) is 4.32. The second-order valence-electron chi connectivity index (χ2n) is 5.90. The predicted molar refractivity (Wildman–Crippen MR) is 95.5 cm³/mol. The Bertz CT molecular complexity index is 939. The fraction of sp³-hybridized carbons (Fsp3) is 0.167. The van der Waals surface area contributed by atoms with E-state index in [1.807, 2.05) is 24.3 Å². The molecule has 0 fully saturated rings. The average molecular weight is 401 g/mol. The van der Waals surface area contributed by atoms with Gasteiger partial charge in [-0.3, -0.25) is 4.79 Å². The van der Waals surface area contributed by atoms with Crippen molar-refractivity contribution in [3.63, 3.8) is 0 Å². The summed E-state index contributed by atoms with van der Waals surface area (Å²) in [5.41, 5.74) is 2.67. The molecule has 1 aromatic heterocycles. The van der Waals surface area contributed by atoms with E-state index in [0.29, 0.717) is 29.8 Å². The molecule has 0 aliphatic carbocycles. The zero-order valence-corrected chi connectivity index (χ0v) is 14.7. The van der Waals surface area contributed by atoms with E-state index >= 15 is 0 Å². The maximum absolute atomic E-state index is 14.0. The fourth-order valence-electron chi connectivity index (χ4n) is 2.99. The number of nitrogens with zero attached hydrogens (tertiary/aromatic N) is 3. The number of benzene rings is 2. The molecule has 7 heteroatoms. The second kappa shape index (κ2) is 6.40. The maximum atomic E-state index is 14.0. The molecular formula is C18H14BrFN4O. The van der Waals surface area contributed by atoms with Crippen LogP contribution in [0.15, 0.2) is 53.1 Å². The van der Waals surface area contributed by atoms with Gasteiger partial charge in [0.25, 0.3) is 0 Å². The lowest BCUT2D eigenvalue weighted by atomic mass is 10.1. The van der Waals surface area contributed by atoms with Gasteiger partial charge in [0, 0.05) is 21.3 Å². The number of nitrogens with one attached hydrogen (secondary N) is 1. The topological polar surface area (TPSA) is 59.8 Å². The Kier molecular flexibility index (Phi) is 4.09. The maximum Gasteiger partial charge on any atom is 0.249 e. The van der Waals surface area contributed by atoms with Crippen molar-refractivity contribution in [2.75, 3.05) is 5.32 Å². The smallest absolute Gasteiger partial charge is 0.249 e. The molecule has 0 saturated heterocycles. The van der Waals surface area contributed by atoms with Crippen LogP contribution >= 0.6 is 15.9 Å². The van der Waals surface area contributed by atoms with Crippen LogP contribution in [0.25, 0.3) is 11.3 Å². The summed E-state index contributed by atoms with van der Waals surface area (Å²) in [6.45, 7) is 0. The lowest BCUT2D eigenvalue weighted by Gasteiger charge is -2.12. The lowest BCUT2D eigenvalue weighted by Crippen LogP contribution is -2.25. The summed E-state index contributed by atoms with van der Waals surface area (Å²) < 4.78 is 16.5. The first-order chi connectivity index (χ1) is 12.1. The van der Waals surface area contributed by atoms with E-state index in [9.17, 15) is 9.18 Å². The second-order valence-corrected chi connectivity index (χ2v) is 6.82. The highest BCUT2D eigenvalue weighted by Gasteiger charge is 2.27. The fourth-order valence-corrected chi connectivity index (χ4v) is 3.26. The summed E-state index contributed by atoms with van der Waals surface area (Å²) in [5.74, 6) is -0.510. The molecule has 1 amide bonds. The zero-order valence-electron chi connectivity index (χ0n) is 13.1. The summed E-state index contributed by atoms with van der Waals surface area (Å²) in [7, 11) is 0. The van der Waals surface area contributed by atoms with Crippen molar-refractivity contribution in [3.05, 3.63) is 64.5 Å². The molecule has 3 aromatic rings. The van der Waals surface area contributed by atoms with Crippen molar-refractivity contribution in [1.82, 2.24) is 15.0 Å². The predicted octanol–water partition coefficient (Wildman–Crippen LogP) is 3.97. The molecule has 126 valence electrons. The molecule has 0 saturated carbocycles. The first-order valence-corrected chi connectivity index (χ1v) is 8.67. The van der Waals surface area contributed by atoms with Crippen molar-refractivity contribution in [2.24, 2.45) is 0 Å². The van der Waals surface area contributed by atoms with Crippen LogP contribution in [0.1, 0.15) is 18.0 Å². The molecule has 1 unspecified atom stereocenters. The van der Waals surface area contributed by atoms with E-state index in [0.717, 1.165) is 10.0 Å². The Balaban J connectivity index is 1.62. The molecule has 1 atom stereocenters. The molecule has 4 rings (SSSR count). The van der Waals surface area contributed by atoms with Crippen molar-refractivity contribution in [3.8, 4) is 11.3 Å². The van der Waals surface area contributed by atoms with Gasteiger partial charge in [-0.15, -0.1) is 5.10 Å². The van der Waals surface area contributed by atoms with Crippen LogP contribution < -0.4 is 5.32 Å². The molecule has 1 aliphatic heterocycles. The number of amides is 1. The van der Waals surface area contributed by atoms with Crippen LogP contribution in [0.5, 0.6) is 0 Å². The standard InChI is InChI=1S/C18H14BrFN4O/c19-12-6-4-11(5-7-12)16-10-24(23-22-16)17-9-8-13-14(20)2-1-3-15(13)21-18(17)25/h1-7,10,17H,8-9H2,(H,21,25). The first-order valence-electron chi connectivity index (χ1n) is 7.88. The Hall–Kier alpha value is -2.54. The summed E-state index contributed by atoms with van der Waals surface area (Å²) in [6, 6.07) is 11.9. The van der Waals surface area contributed by atoms with Gasteiger partial charge in [-0.2, -0.15) is 0 Å². The number of carbonyl (C=O) groups is 1. The minimum Gasteiger partial charge on any atom is -0.324 e. The largest absolute Gasteiger partial charge is 0.324 e. The van der Waals surface area contributed by atoms with E-state index in [1.54, 1.807) is 23.0 Å². The van der Waals surface area contributed by atoms with Gasteiger partial charge in [-0.1, -0.05) is 39.3 Å². The Morgan fingerprint density at radius 2 is 2.00 bits per heavy atom. The highest BCUT2D eigenvalue weighted by molar-refractivity contribution is 9.10. The molecule has 25 heavy (non-hydrogen) atoms. The van der Waals surface area contributed by atoms with Crippen molar-refractivity contribution >= 4 is 27.5 Å². The summed E-state index contributed by atoms with van der Waals surface area (Å²) >= 11 is 3.40. The van der Waals surface area contributed by atoms with E-state index in [-0.39, 0.29) is 11.7 Å². The van der Waals surface area contributed by atoms with E-state index < -0.39 is 6.04 Å². The summed E-state index contributed by atoms with van der Waals surface area (Å²) in [4.78, 5) is 12.6. The Morgan fingerprint density at radius 3 is 2.80 bits per heavy atom. The van der Waals surface area contributed by atoms with Crippen molar-refractivity contribution in [2.45, 2.75) is 18.9 Å². The number of rotatable bonds is 2. The molecule has 5 nitrogen and oxygen atoms in total. The summed E-state index contributed by atoms with van der Waals surface area (Å²) in [6.07, 6.45) is 2.67. The highest BCUT2D eigenvalue weighted by Crippen LogP contribution is 2.29. The zero-order chi connectivity index (χ0) is 17.4. The van der Waals surface area contributed by atoms with E-state index in [1.165, 1.54) is 6.07 Å². The van der Waals surface area contributed by atoms with Crippen LogP contribution in [-0.2, 0) is 11.2 Å². The minimum atomic E-state index is -0.525.